The van der Waals surface area contributed by atoms with Gasteiger partial charge in [0.2, 0.25) is 5.69 Å². The molecule has 9 nitrogen and oxygen atoms in total. The van der Waals surface area contributed by atoms with Crippen molar-refractivity contribution in [2.75, 3.05) is 13.2 Å². The second kappa shape index (κ2) is 6.46. The predicted molar refractivity (Wildman–Crippen MR) is 71.3 cm³/mol. The Hall–Kier alpha value is -2.26. The Morgan fingerprint density at radius 1 is 1.52 bits per heavy atom. The maximum Gasteiger partial charge on any atom is 0.361 e. The van der Waals surface area contributed by atoms with Gasteiger partial charge in [-0.3, -0.25) is 0 Å². The highest BCUT2D eigenvalue weighted by Crippen LogP contribution is 2.21. The number of imidazole rings is 1. The predicted octanol–water partition coefficient (Wildman–Crippen LogP) is -0.792. The molecule has 2 aromatic rings. The van der Waals surface area contributed by atoms with Crippen LogP contribution in [0.5, 0.6) is 0 Å². The maximum atomic E-state index is 12.0. The number of ether oxygens (including phenoxy) is 1. The number of rotatable bonds is 6. The molecule has 1 atom stereocenters. The lowest BCUT2D eigenvalue weighted by atomic mass is 10.2. The molecule has 0 aliphatic carbocycles. The number of nitrogens with zero attached hydrogens (tertiary/aromatic N) is 5. The van der Waals surface area contributed by atoms with E-state index in [0.717, 1.165) is 0 Å². The highest BCUT2D eigenvalue weighted by molar-refractivity contribution is 5.93. The van der Waals surface area contributed by atoms with Crippen molar-refractivity contribution in [3.8, 4) is 11.5 Å². The Balaban J connectivity index is 2.48. The van der Waals surface area contributed by atoms with Gasteiger partial charge in [0.25, 0.3) is 0 Å². The first-order valence-corrected chi connectivity index (χ1v) is 6.45. The summed E-state index contributed by atoms with van der Waals surface area (Å²) in [5.74, 6) is -0.145. The molecule has 0 aliphatic heterocycles. The zero-order valence-corrected chi connectivity index (χ0v) is 11.8. The topological polar surface area (TPSA) is 115 Å². The van der Waals surface area contributed by atoms with Gasteiger partial charge in [-0.2, -0.15) is 0 Å². The quantitative estimate of drug-likeness (QED) is 0.671. The molecule has 0 aromatic carbocycles. The van der Waals surface area contributed by atoms with E-state index in [0.29, 0.717) is 11.5 Å². The van der Waals surface area contributed by atoms with Gasteiger partial charge >= 0.3 is 5.97 Å². The van der Waals surface area contributed by atoms with Crippen LogP contribution in [0, 0.1) is 0 Å². The van der Waals surface area contributed by atoms with E-state index in [-0.39, 0.29) is 18.8 Å². The molecule has 0 amide bonds. The van der Waals surface area contributed by atoms with E-state index < -0.39 is 18.7 Å². The summed E-state index contributed by atoms with van der Waals surface area (Å²) >= 11 is 0. The standard InChI is InChI=1S/C12H17N5O4/c1-3-21-12(20)9-10(11-13-4-5-16(11)2)17(15-14-9)6-8(19)7-18/h4-5,8,18-19H,3,6-7H2,1-2H3. The molecule has 0 radical (unpaired) electrons. The first kappa shape index (κ1) is 15.1. The van der Waals surface area contributed by atoms with Crippen molar-refractivity contribution in [2.24, 2.45) is 7.05 Å². The minimum atomic E-state index is -1.01. The van der Waals surface area contributed by atoms with Gasteiger partial charge in [-0.25, -0.2) is 14.5 Å². The molecule has 2 N–H and O–H groups in total. The SMILES string of the molecule is CCOC(=O)c1nnn(CC(O)CO)c1-c1nccn1C. The van der Waals surface area contributed by atoms with Gasteiger partial charge < -0.3 is 19.5 Å². The van der Waals surface area contributed by atoms with Crippen LogP contribution < -0.4 is 0 Å². The third-order valence-corrected chi connectivity index (χ3v) is 2.83. The number of hydrogen-bond donors (Lipinski definition) is 2. The van der Waals surface area contributed by atoms with Gasteiger partial charge in [-0.15, -0.1) is 5.10 Å². The second-order valence-electron chi connectivity index (χ2n) is 4.39. The highest BCUT2D eigenvalue weighted by Gasteiger charge is 2.25. The van der Waals surface area contributed by atoms with Crippen LogP contribution in [-0.2, 0) is 18.3 Å². The molecule has 0 aliphatic rings. The number of aliphatic hydroxyl groups excluding tert-OH is 2. The molecule has 0 fully saturated rings. The fourth-order valence-electron chi connectivity index (χ4n) is 1.85. The van der Waals surface area contributed by atoms with Crippen LogP contribution >= 0.6 is 0 Å². The first-order chi connectivity index (χ1) is 10.1. The van der Waals surface area contributed by atoms with Crippen molar-refractivity contribution >= 4 is 5.97 Å². The largest absolute Gasteiger partial charge is 0.461 e. The summed E-state index contributed by atoms with van der Waals surface area (Å²) < 4.78 is 7.97. The van der Waals surface area contributed by atoms with Gasteiger partial charge in [0, 0.05) is 19.4 Å². The van der Waals surface area contributed by atoms with Crippen molar-refractivity contribution in [1.29, 1.82) is 0 Å². The number of aryl methyl sites for hydroxylation is 1. The molecule has 9 heteroatoms. The van der Waals surface area contributed by atoms with E-state index in [4.69, 9.17) is 9.84 Å². The molecule has 21 heavy (non-hydrogen) atoms. The third kappa shape index (κ3) is 3.09. The number of hydrogen-bond acceptors (Lipinski definition) is 7. The summed E-state index contributed by atoms with van der Waals surface area (Å²) in [6.07, 6.45) is 2.27. The summed E-state index contributed by atoms with van der Waals surface area (Å²) in [6, 6.07) is 0. The van der Waals surface area contributed by atoms with Crippen LogP contribution in [0.15, 0.2) is 12.4 Å². The lowest BCUT2D eigenvalue weighted by Crippen LogP contribution is -2.22. The zero-order valence-electron chi connectivity index (χ0n) is 11.8. The fourth-order valence-corrected chi connectivity index (χ4v) is 1.85. The van der Waals surface area contributed by atoms with E-state index >= 15 is 0 Å². The maximum absolute atomic E-state index is 12.0. The second-order valence-corrected chi connectivity index (χ2v) is 4.39. The van der Waals surface area contributed by atoms with Gasteiger partial charge in [0.1, 0.15) is 5.69 Å². The smallest absolute Gasteiger partial charge is 0.361 e. The number of carbonyl (C=O) groups is 1. The molecule has 2 rings (SSSR count). The average molecular weight is 295 g/mol. The molecule has 0 saturated heterocycles. The van der Waals surface area contributed by atoms with Crippen molar-refractivity contribution in [1.82, 2.24) is 24.5 Å². The number of esters is 1. The van der Waals surface area contributed by atoms with E-state index in [1.54, 1.807) is 30.9 Å². The summed E-state index contributed by atoms with van der Waals surface area (Å²) in [5, 5.41) is 26.2. The van der Waals surface area contributed by atoms with E-state index in [9.17, 15) is 9.90 Å². The Kier molecular flexibility index (Phi) is 4.66. The average Bonchev–Trinajstić information content (AvgIpc) is 3.05. The Labute approximate surface area is 120 Å². The molecule has 2 heterocycles. The Bertz CT molecular complexity index is 621. The van der Waals surface area contributed by atoms with Crippen LogP contribution in [0.25, 0.3) is 11.5 Å². The molecular weight excluding hydrogens is 278 g/mol. The van der Waals surface area contributed by atoms with E-state index in [1.165, 1.54) is 4.68 Å². The van der Waals surface area contributed by atoms with Crippen molar-refractivity contribution < 1.29 is 19.7 Å². The van der Waals surface area contributed by atoms with Gasteiger partial charge in [-0.1, -0.05) is 5.21 Å². The molecular formula is C12H17N5O4. The highest BCUT2D eigenvalue weighted by atomic mass is 16.5. The molecule has 1 unspecified atom stereocenters. The van der Waals surface area contributed by atoms with Crippen LogP contribution in [-0.4, -0.2) is 60.0 Å². The van der Waals surface area contributed by atoms with Crippen molar-refractivity contribution in [3.05, 3.63) is 18.1 Å². The lowest BCUT2D eigenvalue weighted by Gasteiger charge is -2.10. The first-order valence-electron chi connectivity index (χ1n) is 6.45. The summed E-state index contributed by atoms with van der Waals surface area (Å²) in [7, 11) is 1.76. The van der Waals surface area contributed by atoms with E-state index in [2.05, 4.69) is 15.3 Å². The monoisotopic (exact) mass is 295 g/mol. The minimum absolute atomic E-state index is 0.00883. The molecule has 0 spiro atoms. The van der Waals surface area contributed by atoms with Crippen molar-refractivity contribution in [3.63, 3.8) is 0 Å². The summed E-state index contributed by atoms with van der Waals surface area (Å²) in [5.41, 5.74) is 0.365. The zero-order chi connectivity index (χ0) is 15.4. The summed E-state index contributed by atoms with van der Waals surface area (Å²) in [6.45, 7) is 1.48. The Morgan fingerprint density at radius 2 is 2.29 bits per heavy atom. The molecule has 114 valence electrons. The summed E-state index contributed by atoms with van der Waals surface area (Å²) in [4.78, 5) is 16.1. The molecule has 0 bridgehead atoms. The third-order valence-electron chi connectivity index (χ3n) is 2.83. The van der Waals surface area contributed by atoms with Crippen LogP contribution in [0.3, 0.4) is 0 Å². The van der Waals surface area contributed by atoms with Gasteiger partial charge in [0.05, 0.1) is 25.9 Å². The minimum Gasteiger partial charge on any atom is -0.461 e. The van der Waals surface area contributed by atoms with Crippen LogP contribution in [0.4, 0.5) is 0 Å². The number of carbonyl (C=O) groups excluding carboxylic acids is 1. The fraction of sp³-hybridized carbons (Fsp3) is 0.500. The van der Waals surface area contributed by atoms with Gasteiger partial charge in [0.15, 0.2) is 5.82 Å². The normalized spacial score (nSPS) is 12.4. The Morgan fingerprint density at radius 3 is 2.86 bits per heavy atom. The van der Waals surface area contributed by atoms with Crippen LogP contribution in [0.2, 0.25) is 0 Å². The van der Waals surface area contributed by atoms with Crippen LogP contribution in [0.1, 0.15) is 17.4 Å². The van der Waals surface area contributed by atoms with Gasteiger partial charge in [-0.05, 0) is 6.92 Å². The van der Waals surface area contributed by atoms with E-state index in [1.807, 2.05) is 0 Å². The molecule has 2 aromatic heterocycles. The number of aliphatic hydroxyl groups is 2. The molecule has 0 saturated carbocycles. The van der Waals surface area contributed by atoms with Crippen molar-refractivity contribution in [2.45, 2.75) is 19.6 Å². The number of aromatic nitrogens is 5. The lowest BCUT2D eigenvalue weighted by molar-refractivity contribution is 0.0520.